The summed E-state index contributed by atoms with van der Waals surface area (Å²) in [4.78, 5) is 1.29. The molecule has 0 radical (unpaired) electrons. The molecule has 0 bridgehead atoms. The second-order valence-electron chi connectivity index (χ2n) is 5.08. The van der Waals surface area contributed by atoms with Gasteiger partial charge < -0.3 is 4.57 Å². The molecule has 3 nitrogen and oxygen atoms in total. The fraction of sp³-hybridized carbons (Fsp3) is 0.250. The number of thioether (sulfide) groups is 1. The molecule has 2 heterocycles. The van der Waals surface area contributed by atoms with Crippen LogP contribution in [-0.4, -0.2) is 14.8 Å². The average molecular weight is 333 g/mol. The molecular formula is C16H16FN3S2. The average Bonchev–Trinajstić information content (AvgIpc) is 3.02. The summed E-state index contributed by atoms with van der Waals surface area (Å²) in [6.07, 6.45) is 0. The van der Waals surface area contributed by atoms with Gasteiger partial charge in [-0.25, -0.2) is 4.39 Å². The van der Waals surface area contributed by atoms with E-state index in [-0.39, 0.29) is 5.82 Å². The van der Waals surface area contributed by atoms with E-state index in [1.165, 1.54) is 28.3 Å². The SMILES string of the molecule is Cc1scc(-c2nnc(SCc3ccccc3F)n2C)c1C. The van der Waals surface area contributed by atoms with Crippen LogP contribution < -0.4 is 0 Å². The van der Waals surface area contributed by atoms with Crippen molar-refractivity contribution in [1.29, 1.82) is 0 Å². The Hall–Kier alpha value is -1.66. The van der Waals surface area contributed by atoms with Crippen molar-refractivity contribution in [3.8, 4) is 11.4 Å². The van der Waals surface area contributed by atoms with Crippen LogP contribution in [0.15, 0.2) is 34.8 Å². The lowest BCUT2D eigenvalue weighted by molar-refractivity contribution is 0.617. The molecule has 2 aromatic heterocycles. The van der Waals surface area contributed by atoms with E-state index in [1.54, 1.807) is 23.5 Å². The van der Waals surface area contributed by atoms with Gasteiger partial charge >= 0.3 is 0 Å². The van der Waals surface area contributed by atoms with Crippen LogP contribution in [0.3, 0.4) is 0 Å². The van der Waals surface area contributed by atoms with Crippen molar-refractivity contribution in [2.45, 2.75) is 24.8 Å². The van der Waals surface area contributed by atoms with Crippen molar-refractivity contribution in [1.82, 2.24) is 14.8 Å². The van der Waals surface area contributed by atoms with E-state index in [4.69, 9.17) is 0 Å². The van der Waals surface area contributed by atoms with Gasteiger partial charge in [0.2, 0.25) is 0 Å². The summed E-state index contributed by atoms with van der Waals surface area (Å²) >= 11 is 3.21. The molecule has 0 saturated heterocycles. The highest BCUT2D eigenvalue weighted by Gasteiger charge is 2.15. The minimum Gasteiger partial charge on any atom is -0.305 e. The van der Waals surface area contributed by atoms with Gasteiger partial charge in [-0.1, -0.05) is 30.0 Å². The highest BCUT2D eigenvalue weighted by molar-refractivity contribution is 7.98. The van der Waals surface area contributed by atoms with Crippen molar-refractivity contribution in [2.24, 2.45) is 7.05 Å². The van der Waals surface area contributed by atoms with Crippen LogP contribution in [0.25, 0.3) is 11.4 Å². The van der Waals surface area contributed by atoms with Crippen molar-refractivity contribution in [3.63, 3.8) is 0 Å². The number of aryl methyl sites for hydroxylation is 1. The second kappa shape index (κ2) is 6.22. The van der Waals surface area contributed by atoms with Crippen molar-refractivity contribution in [3.05, 3.63) is 51.5 Å². The molecule has 0 aliphatic rings. The molecule has 0 saturated carbocycles. The molecule has 0 N–H and O–H groups in total. The summed E-state index contributed by atoms with van der Waals surface area (Å²) in [5, 5.41) is 11.4. The van der Waals surface area contributed by atoms with E-state index >= 15 is 0 Å². The lowest BCUT2D eigenvalue weighted by Gasteiger charge is -2.04. The summed E-state index contributed by atoms with van der Waals surface area (Å²) in [6.45, 7) is 4.20. The fourth-order valence-corrected chi connectivity index (χ4v) is 3.93. The number of hydrogen-bond acceptors (Lipinski definition) is 4. The standard InChI is InChI=1S/C16H16FN3S2/c1-10-11(2)21-9-13(10)15-18-19-16(20(15)3)22-8-12-6-4-5-7-14(12)17/h4-7,9H,8H2,1-3H3. The first-order chi connectivity index (χ1) is 10.6. The molecule has 0 spiro atoms. The number of benzene rings is 1. The molecule has 1 aromatic carbocycles. The van der Waals surface area contributed by atoms with Gasteiger partial charge in [-0.2, -0.15) is 0 Å². The smallest absolute Gasteiger partial charge is 0.191 e. The van der Waals surface area contributed by atoms with Crippen molar-refractivity contribution in [2.75, 3.05) is 0 Å². The van der Waals surface area contributed by atoms with E-state index in [9.17, 15) is 4.39 Å². The lowest BCUT2D eigenvalue weighted by atomic mass is 10.2. The van der Waals surface area contributed by atoms with Crippen LogP contribution >= 0.6 is 23.1 Å². The van der Waals surface area contributed by atoms with Gasteiger partial charge in [-0.05, 0) is 31.0 Å². The van der Waals surface area contributed by atoms with E-state index in [1.807, 2.05) is 17.7 Å². The summed E-state index contributed by atoms with van der Waals surface area (Å²) in [5.74, 6) is 1.22. The predicted octanol–water partition coefficient (Wildman–Crippen LogP) is 4.59. The molecule has 0 aliphatic heterocycles. The molecule has 0 unspecified atom stereocenters. The summed E-state index contributed by atoms with van der Waals surface area (Å²) < 4.78 is 15.6. The fourth-order valence-electron chi connectivity index (χ4n) is 2.17. The Morgan fingerprint density at radius 1 is 1.23 bits per heavy atom. The summed E-state index contributed by atoms with van der Waals surface area (Å²) in [5.41, 5.74) is 3.04. The molecule has 3 aromatic rings. The van der Waals surface area contributed by atoms with Crippen LogP contribution in [0.2, 0.25) is 0 Å². The maximum atomic E-state index is 13.7. The highest BCUT2D eigenvalue weighted by atomic mass is 32.2. The first kappa shape index (κ1) is 15.2. The molecule has 6 heteroatoms. The van der Waals surface area contributed by atoms with E-state index < -0.39 is 0 Å². The highest BCUT2D eigenvalue weighted by Crippen LogP contribution is 2.31. The minimum atomic E-state index is -0.179. The summed E-state index contributed by atoms with van der Waals surface area (Å²) in [7, 11) is 1.95. The zero-order valence-corrected chi connectivity index (χ0v) is 14.3. The molecule has 3 rings (SSSR count). The molecule has 0 atom stereocenters. The Kier molecular flexibility index (Phi) is 4.31. The van der Waals surface area contributed by atoms with Gasteiger partial charge in [0.05, 0.1) is 0 Å². The van der Waals surface area contributed by atoms with Crippen LogP contribution in [0, 0.1) is 19.7 Å². The van der Waals surface area contributed by atoms with Crippen LogP contribution in [0.5, 0.6) is 0 Å². The van der Waals surface area contributed by atoms with Crippen molar-refractivity contribution >= 4 is 23.1 Å². The van der Waals surface area contributed by atoms with Crippen LogP contribution in [0.4, 0.5) is 4.39 Å². The number of halogens is 1. The number of aromatic nitrogens is 3. The maximum Gasteiger partial charge on any atom is 0.191 e. The number of nitrogens with zero attached hydrogens (tertiary/aromatic N) is 3. The molecule has 114 valence electrons. The number of thiophene rings is 1. The number of rotatable bonds is 4. The first-order valence-electron chi connectivity index (χ1n) is 6.88. The van der Waals surface area contributed by atoms with Gasteiger partial charge in [0, 0.05) is 28.6 Å². The van der Waals surface area contributed by atoms with Crippen LogP contribution in [-0.2, 0) is 12.8 Å². The predicted molar refractivity (Wildman–Crippen MR) is 89.8 cm³/mol. The molecule has 0 fully saturated rings. The van der Waals surface area contributed by atoms with Crippen molar-refractivity contribution < 1.29 is 4.39 Å². The Labute approximate surface area is 137 Å². The molecular weight excluding hydrogens is 317 g/mol. The van der Waals surface area contributed by atoms with Gasteiger partial charge in [0.1, 0.15) is 5.82 Å². The monoisotopic (exact) mass is 333 g/mol. The zero-order chi connectivity index (χ0) is 15.7. The Morgan fingerprint density at radius 3 is 2.68 bits per heavy atom. The topological polar surface area (TPSA) is 30.7 Å². The van der Waals surface area contributed by atoms with Gasteiger partial charge in [-0.15, -0.1) is 21.5 Å². The van der Waals surface area contributed by atoms with Crippen LogP contribution in [0.1, 0.15) is 16.0 Å². The normalized spacial score (nSPS) is 11.1. The Morgan fingerprint density at radius 2 is 2.00 bits per heavy atom. The third-order valence-corrected chi connectivity index (χ3v) is 5.76. The Bertz CT molecular complexity index is 808. The van der Waals surface area contributed by atoms with E-state index in [0.717, 1.165) is 16.5 Å². The number of hydrogen-bond donors (Lipinski definition) is 0. The molecule has 22 heavy (non-hydrogen) atoms. The molecule has 0 amide bonds. The van der Waals surface area contributed by atoms with Gasteiger partial charge in [0.25, 0.3) is 0 Å². The van der Waals surface area contributed by atoms with Gasteiger partial charge in [0.15, 0.2) is 11.0 Å². The van der Waals surface area contributed by atoms with E-state index in [2.05, 4.69) is 29.4 Å². The quantitative estimate of drug-likeness (QED) is 0.654. The lowest BCUT2D eigenvalue weighted by Crippen LogP contribution is -1.96. The molecule has 0 aliphatic carbocycles. The maximum absolute atomic E-state index is 13.7. The van der Waals surface area contributed by atoms with E-state index in [0.29, 0.717) is 11.3 Å². The summed E-state index contributed by atoms with van der Waals surface area (Å²) in [6, 6.07) is 6.83. The van der Waals surface area contributed by atoms with Gasteiger partial charge in [-0.3, -0.25) is 0 Å². The Balaban J connectivity index is 1.82. The third-order valence-electron chi connectivity index (χ3n) is 3.68. The third kappa shape index (κ3) is 2.80. The second-order valence-corrected chi connectivity index (χ2v) is 7.10. The first-order valence-corrected chi connectivity index (χ1v) is 8.75. The minimum absolute atomic E-state index is 0.179. The zero-order valence-electron chi connectivity index (χ0n) is 12.6. The largest absolute Gasteiger partial charge is 0.305 e.